The van der Waals surface area contributed by atoms with Gasteiger partial charge in [-0.2, -0.15) is 0 Å². The topological polar surface area (TPSA) is 84.4 Å². The number of anilines is 1. The SMILES string of the molecule is CC(C)CN(CCOCCc1ccc2c(n1)N(C(=O)OC(C)(C)C)CCC2)[C@@H]1CCN(C(=O)OC(C)(C)C)C1. The van der Waals surface area contributed by atoms with E-state index >= 15 is 0 Å². The highest BCUT2D eigenvalue weighted by atomic mass is 16.6. The monoisotopic (exact) mass is 546 g/mol. The van der Waals surface area contributed by atoms with Gasteiger partial charge in [0.25, 0.3) is 0 Å². The molecule has 1 aromatic rings. The van der Waals surface area contributed by atoms with Crippen molar-refractivity contribution in [1.82, 2.24) is 14.8 Å². The smallest absolute Gasteiger partial charge is 0.416 e. The molecule has 1 saturated heterocycles. The van der Waals surface area contributed by atoms with Gasteiger partial charge >= 0.3 is 12.2 Å². The van der Waals surface area contributed by atoms with Gasteiger partial charge in [0, 0.05) is 50.9 Å². The summed E-state index contributed by atoms with van der Waals surface area (Å²) in [6.45, 7) is 20.8. The van der Waals surface area contributed by atoms with E-state index in [0.29, 0.717) is 50.5 Å². The summed E-state index contributed by atoms with van der Waals surface area (Å²) in [6.07, 6.45) is 2.87. The van der Waals surface area contributed by atoms with Crippen molar-refractivity contribution in [3.05, 3.63) is 23.4 Å². The Balaban J connectivity index is 1.50. The van der Waals surface area contributed by atoms with Gasteiger partial charge in [-0.15, -0.1) is 0 Å². The molecule has 1 atom stereocenters. The van der Waals surface area contributed by atoms with Crippen LogP contribution in [0, 0.1) is 5.92 Å². The summed E-state index contributed by atoms with van der Waals surface area (Å²) in [7, 11) is 0. The van der Waals surface area contributed by atoms with E-state index in [1.165, 1.54) is 0 Å². The highest BCUT2D eigenvalue weighted by Crippen LogP contribution is 2.27. The van der Waals surface area contributed by atoms with Crippen molar-refractivity contribution >= 4 is 18.0 Å². The molecule has 2 aliphatic rings. The first kappa shape index (κ1) is 31.1. The summed E-state index contributed by atoms with van der Waals surface area (Å²) in [5.41, 5.74) is 0.961. The van der Waals surface area contributed by atoms with E-state index in [-0.39, 0.29) is 12.2 Å². The van der Waals surface area contributed by atoms with E-state index in [4.69, 9.17) is 19.2 Å². The summed E-state index contributed by atoms with van der Waals surface area (Å²) >= 11 is 0. The number of aryl methyl sites for hydroxylation is 1. The van der Waals surface area contributed by atoms with Crippen LogP contribution in [0.5, 0.6) is 0 Å². The molecule has 0 saturated carbocycles. The van der Waals surface area contributed by atoms with Gasteiger partial charge < -0.3 is 19.1 Å². The third kappa shape index (κ3) is 9.94. The number of carbonyl (C=O) groups is 2. The molecule has 220 valence electrons. The fourth-order valence-corrected chi connectivity index (χ4v) is 5.00. The van der Waals surface area contributed by atoms with Crippen LogP contribution in [0.3, 0.4) is 0 Å². The minimum Gasteiger partial charge on any atom is -0.444 e. The largest absolute Gasteiger partial charge is 0.444 e. The Labute approximate surface area is 235 Å². The normalized spacial score (nSPS) is 18.1. The van der Waals surface area contributed by atoms with Crippen molar-refractivity contribution in [3.8, 4) is 0 Å². The summed E-state index contributed by atoms with van der Waals surface area (Å²) < 4.78 is 17.2. The number of carbonyl (C=O) groups excluding carboxylic acids is 2. The Morgan fingerprint density at radius 3 is 2.38 bits per heavy atom. The zero-order valence-corrected chi connectivity index (χ0v) is 25.4. The molecule has 3 heterocycles. The Hall–Kier alpha value is -2.39. The van der Waals surface area contributed by atoms with Crippen LogP contribution in [0.15, 0.2) is 12.1 Å². The molecule has 0 unspecified atom stereocenters. The van der Waals surface area contributed by atoms with Crippen LogP contribution < -0.4 is 4.90 Å². The number of ether oxygens (including phenoxy) is 3. The van der Waals surface area contributed by atoms with Gasteiger partial charge in [0.15, 0.2) is 0 Å². The minimum atomic E-state index is -0.546. The third-order valence-electron chi connectivity index (χ3n) is 6.67. The second-order valence-electron chi connectivity index (χ2n) is 13.1. The van der Waals surface area contributed by atoms with Crippen LogP contribution in [0.4, 0.5) is 15.4 Å². The molecule has 1 fully saturated rings. The number of hydrogen-bond acceptors (Lipinski definition) is 7. The van der Waals surface area contributed by atoms with Crippen LogP contribution in [0.2, 0.25) is 0 Å². The number of hydrogen-bond donors (Lipinski definition) is 0. The Morgan fingerprint density at radius 1 is 1.03 bits per heavy atom. The van der Waals surface area contributed by atoms with Crippen LogP contribution in [0.25, 0.3) is 0 Å². The number of rotatable bonds is 9. The van der Waals surface area contributed by atoms with Gasteiger partial charge in [-0.1, -0.05) is 19.9 Å². The maximum absolute atomic E-state index is 12.8. The van der Waals surface area contributed by atoms with E-state index in [2.05, 4.69) is 24.8 Å². The van der Waals surface area contributed by atoms with Gasteiger partial charge in [0.1, 0.15) is 17.0 Å². The standard InChI is InChI=1S/C30H50N4O5/c1-22(2)20-32(25-13-16-33(21-25)27(35)38-29(3,4)5)17-19-37-18-14-24-12-11-23-10-9-15-34(26(23)31-24)28(36)39-30(6,7)8/h11-12,22,25H,9-10,13-21H2,1-8H3/t25-/m1/s1. The molecular weight excluding hydrogens is 496 g/mol. The summed E-state index contributed by atoms with van der Waals surface area (Å²) in [5.74, 6) is 1.24. The van der Waals surface area contributed by atoms with Crippen molar-refractivity contribution in [2.24, 2.45) is 5.92 Å². The van der Waals surface area contributed by atoms with Crippen LogP contribution in [-0.4, -0.2) is 90.2 Å². The van der Waals surface area contributed by atoms with Gasteiger partial charge in [-0.25, -0.2) is 14.6 Å². The molecular formula is C30H50N4O5. The molecule has 3 rings (SSSR count). The predicted molar refractivity (Wildman–Crippen MR) is 153 cm³/mol. The summed E-state index contributed by atoms with van der Waals surface area (Å²) in [4.78, 5) is 36.0. The van der Waals surface area contributed by atoms with Gasteiger partial charge in [-0.05, 0) is 78.4 Å². The predicted octanol–water partition coefficient (Wildman–Crippen LogP) is 5.30. The fourth-order valence-electron chi connectivity index (χ4n) is 5.00. The minimum absolute atomic E-state index is 0.228. The Morgan fingerprint density at radius 2 is 1.72 bits per heavy atom. The average Bonchev–Trinajstić information content (AvgIpc) is 3.31. The molecule has 1 aromatic heterocycles. The molecule has 0 aliphatic carbocycles. The first-order valence-corrected chi connectivity index (χ1v) is 14.5. The first-order chi connectivity index (χ1) is 18.2. The molecule has 0 aromatic carbocycles. The van der Waals surface area contributed by atoms with Crippen molar-refractivity contribution in [2.75, 3.05) is 50.8 Å². The molecule has 2 aliphatic heterocycles. The molecule has 9 nitrogen and oxygen atoms in total. The van der Waals surface area contributed by atoms with E-state index in [9.17, 15) is 9.59 Å². The molecule has 0 spiro atoms. The molecule has 39 heavy (non-hydrogen) atoms. The summed E-state index contributed by atoms with van der Waals surface area (Å²) in [5, 5.41) is 0. The number of pyridine rings is 1. The lowest BCUT2D eigenvalue weighted by Gasteiger charge is -2.31. The number of fused-ring (bicyclic) bond motifs is 1. The van der Waals surface area contributed by atoms with Crippen LogP contribution in [0.1, 0.15) is 79.5 Å². The number of amides is 2. The molecule has 2 amide bonds. The average molecular weight is 547 g/mol. The van der Waals surface area contributed by atoms with E-state index in [1.54, 1.807) is 4.90 Å². The number of aromatic nitrogens is 1. The third-order valence-corrected chi connectivity index (χ3v) is 6.67. The summed E-state index contributed by atoms with van der Waals surface area (Å²) in [6, 6.07) is 4.43. The lowest BCUT2D eigenvalue weighted by Crippen LogP contribution is -2.43. The zero-order valence-electron chi connectivity index (χ0n) is 25.4. The van der Waals surface area contributed by atoms with E-state index in [0.717, 1.165) is 50.2 Å². The second-order valence-corrected chi connectivity index (χ2v) is 13.1. The van der Waals surface area contributed by atoms with Crippen LogP contribution in [-0.2, 0) is 27.1 Å². The first-order valence-electron chi connectivity index (χ1n) is 14.5. The van der Waals surface area contributed by atoms with Gasteiger partial charge in [0.2, 0.25) is 0 Å². The van der Waals surface area contributed by atoms with Crippen molar-refractivity contribution in [1.29, 1.82) is 0 Å². The van der Waals surface area contributed by atoms with Crippen molar-refractivity contribution < 1.29 is 23.8 Å². The molecule has 0 N–H and O–H groups in total. The van der Waals surface area contributed by atoms with E-state index in [1.807, 2.05) is 52.5 Å². The maximum atomic E-state index is 12.8. The Kier molecular flexibility index (Phi) is 10.6. The highest BCUT2D eigenvalue weighted by molar-refractivity contribution is 5.88. The quantitative estimate of drug-likeness (QED) is 0.389. The lowest BCUT2D eigenvalue weighted by molar-refractivity contribution is 0.0271. The zero-order chi connectivity index (χ0) is 28.8. The van der Waals surface area contributed by atoms with E-state index < -0.39 is 11.2 Å². The second kappa shape index (κ2) is 13.3. The maximum Gasteiger partial charge on any atom is 0.416 e. The fraction of sp³-hybridized carbons (Fsp3) is 0.767. The van der Waals surface area contributed by atoms with Crippen LogP contribution >= 0.6 is 0 Å². The number of nitrogens with zero attached hydrogens (tertiary/aromatic N) is 4. The Bertz CT molecular complexity index is 969. The highest BCUT2D eigenvalue weighted by Gasteiger charge is 2.33. The van der Waals surface area contributed by atoms with Gasteiger partial charge in [0.05, 0.1) is 13.2 Å². The molecule has 9 heteroatoms. The number of likely N-dealkylation sites (tertiary alicyclic amines) is 1. The molecule has 0 radical (unpaired) electrons. The van der Waals surface area contributed by atoms with Crippen molar-refractivity contribution in [2.45, 2.75) is 98.3 Å². The molecule has 0 bridgehead atoms. The van der Waals surface area contributed by atoms with Gasteiger partial charge in [-0.3, -0.25) is 9.80 Å². The van der Waals surface area contributed by atoms with Crippen molar-refractivity contribution in [3.63, 3.8) is 0 Å². The lowest BCUT2D eigenvalue weighted by atomic mass is 10.1.